The first-order valence-electron chi connectivity index (χ1n) is 6.07. The lowest BCUT2D eigenvalue weighted by atomic mass is 10.3. The van der Waals surface area contributed by atoms with Crippen LogP contribution in [0.25, 0.3) is 0 Å². The van der Waals surface area contributed by atoms with Crippen molar-refractivity contribution in [2.24, 2.45) is 0 Å². The van der Waals surface area contributed by atoms with Gasteiger partial charge < -0.3 is 10.1 Å². The third-order valence-electron chi connectivity index (χ3n) is 2.25. The molecular formula is C13H17ClN2O4. The number of rotatable bonds is 7. The lowest BCUT2D eigenvalue weighted by Gasteiger charge is -2.14. The molecule has 110 valence electrons. The quantitative estimate of drug-likeness (QED) is 0.588. The summed E-state index contributed by atoms with van der Waals surface area (Å²) in [5, 5.41) is 3.13. The molecule has 0 bridgehead atoms. The van der Waals surface area contributed by atoms with Gasteiger partial charge in [-0.15, -0.1) is 0 Å². The molecule has 0 aliphatic carbocycles. The van der Waals surface area contributed by atoms with Gasteiger partial charge in [-0.05, 0) is 31.2 Å². The van der Waals surface area contributed by atoms with E-state index in [4.69, 9.17) is 21.2 Å². The van der Waals surface area contributed by atoms with Crippen molar-refractivity contribution in [3.63, 3.8) is 0 Å². The molecule has 20 heavy (non-hydrogen) atoms. The van der Waals surface area contributed by atoms with Gasteiger partial charge in [0.2, 0.25) is 5.91 Å². The fraction of sp³-hybridized carbons (Fsp3) is 0.385. The predicted molar refractivity (Wildman–Crippen MR) is 74.3 cm³/mol. The molecule has 2 N–H and O–H groups in total. The highest BCUT2D eigenvalue weighted by Gasteiger charge is 2.14. The van der Waals surface area contributed by atoms with Crippen LogP contribution in [0.4, 0.5) is 0 Å². The van der Waals surface area contributed by atoms with Crippen molar-refractivity contribution in [1.29, 1.82) is 0 Å². The van der Waals surface area contributed by atoms with Crippen LogP contribution in [0.1, 0.15) is 13.8 Å². The van der Waals surface area contributed by atoms with Gasteiger partial charge in [0.25, 0.3) is 5.91 Å². The second-order valence-corrected chi connectivity index (χ2v) is 4.45. The van der Waals surface area contributed by atoms with Crippen molar-refractivity contribution in [2.45, 2.75) is 20.0 Å². The van der Waals surface area contributed by atoms with E-state index < -0.39 is 12.0 Å². The molecule has 0 spiro atoms. The number of amides is 2. The average molecular weight is 301 g/mol. The van der Waals surface area contributed by atoms with Gasteiger partial charge in [-0.25, -0.2) is 5.48 Å². The van der Waals surface area contributed by atoms with Crippen LogP contribution in [0.5, 0.6) is 5.75 Å². The average Bonchev–Trinajstić information content (AvgIpc) is 2.40. The highest BCUT2D eigenvalue weighted by molar-refractivity contribution is 6.30. The summed E-state index contributed by atoms with van der Waals surface area (Å²) in [5.74, 6) is -0.0302. The fourth-order valence-electron chi connectivity index (χ4n) is 1.25. The number of hydrogen-bond acceptors (Lipinski definition) is 4. The van der Waals surface area contributed by atoms with E-state index in [1.165, 1.54) is 6.92 Å². The number of carbonyl (C=O) groups excluding carboxylic acids is 2. The molecule has 0 heterocycles. The first kappa shape index (κ1) is 16.3. The molecule has 0 aromatic heterocycles. The van der Waals surface area contributed by atoms with E-state index in [9.17, 15) is 9.59 Å². The van der Waals surface area contributed by atoms with Crippen LogP contribution in [0.15, 0.2) is 24.3 Å². The van der Waals surface area contributed by atoms with E-state index >= 15 is 0 Å². The SMILES string of the molecule is CC(=O)NCCONC(=O)[C@H](C)Oc1ccc(Cl)cc1. The van der Waals surface area contributed by atoms with Crippen molar-refractivity contribution >= 4 is 23.4 Å². The van der Waals surface area contributed by atoms with Crippen LogP contribution >= 0.6 is 11.6 Å². The Morgan fingerprint density at radius 3 is 2.55 bits per heavy atom. The molecule has 2 amide bonds. The van der Waals surface area contributed by atoms with Gasteiger partial charge in [-0.2, -0.15) is 0 Å². The van der Waals surface area contributed by atoms with Crippen molar-refractivity contribution < 1.29 is 19.2 Å². The Labute approximate surface area is 122 Å². The van der Waals surface area contributed by atoms with E-state index in [1.54, 1.807) is 31.2 Å². The Morgan fingerprint density at radius 2 is 1.95 bits per heavy atom. The molecule has 1 atom stereocenters. The molecule has 1 aromatic carbocycles. The zero-order valence-electron chi connectivity index (χ0n) is 11.3. The first-order chi connectivity index (χ1) is 9.49. The van der Waals surface area contributed by atoms with Gasteiger partial charge in [-0.3, -0.25) is 14.4 Å². The summed E-state index contributed by atoms with van der Waals surface area (Å²) in [7, 11) is 0. The van der Waals surface area contributed by atoms with E-state index in [0.29, 0.717) is 17.3 Å². The van der Waals surface area contributed by atoms with Gasteiger partial charge in [0.1, 0.15) is 5.75 Å². The van der Waals surface area contributed by atoms with Crippen LogP contribution in [0.2, 0.25) is 5.02 Å². The van der Waals surface area contributed by atoms with Crippen LogP contribution < -0.4 is 15.5 Å². The molecule has 1 rings (SSSR count). The summed E-state index contributed by atoms with van der Waals surface area (Å²) in [6, 6.07) is 6.68. The van der Waals surface area contributed by atoms with Crippen molar-refractivity contribution in [2.75, 3.05) is 13.2 Å². The predicted octanol–water partition coefficient (Wildman–Crippen LogP) is 1.29. The largest absolute Gasteiger partial charge is 0.481 e. The summed E-state index contributed by atoms with van der Waals surface area (Å²) in [6.07, 6.45) is -0.711. The van der Waals surface area contributed by atoms with E-state index in [1.807, 2.05) is 0 Å². The molecule has 0 aliphatic rings. The Bertz CT molecular complexity index is 450. The van der Waals surface area contributed by atoms with Crippen LogP contribution in [-0.4, -0.2) is 31.1 Å². The summed E-state index contributed by atoms with van der Waals surface area (Å²) in [4.78, 5) is 27.1. The molecule has 0 aliphatic heterocycles. The second kappa shape index (κ2) is 8.39. The molecule has 1 aromatic rings. The highest BCUT2D eigenvalue weighted by atomic mass is 35.5. The van der Waals surface area contributed by atoms with E-state index in [0.717, 1.165) is 0 Å². The number of nitrogens with one attached hydrogen (secondary N) is 2. The maximum Gasteiger partial charge on any atom is 0.284 e. The molecule has 0 unspecified atom stereocenters. The van der Waals surface area contributed by atoms with E-state index in [-0.39, 0.29) is 12.5 Å². The van der Waals surface area contributed by atoms with Gasteiger partial charge in [0.15, 0.2) is 6.10 Å². The molecule has 0 fully saturated rings. The Kier molecular flexibility index (Phi) is 6.83. The van der Waals surface area contributed by atoms with Crippen molar-refractivity contribution in [1.82, 2.24) is 10.8 Å². The van der Waals surface area contributed by atoms with Crippen molar-refractivity contribution in [3.05, 3.63) is 29.3 Å². The summed E-state index contributed by atoms with van der Waals surface area (Å²) in [6.45, 7) is 3.50. The Morgan fingerprint density at radius 1 is 1.30 bits per heavy atom. The zero-order chi connectivity index (χ0) is 15.0. The minimum absolute atomic E-state index is 0.153. The zero-order valence-corrected chi connectivity index (χ0v) is 12.1. The van der Waals surface area contributed by atoms with E-state index in [2.05, 4.69) is 10.8 Å². The van der Waals surface area contributed by atoms with Crippen molar-refractivity contribution in [3.8, 4) is 5.75 Å². The summed E-state index contributed by atoms with van der Waals surface area (Å²) in [5.41, 5.74) is 2.25. The Hall–Kier alpha value is -1.79. The van der Waals surface area contributed by atoms with Gasteiger partial charge >= 0.3 is 0 Å². The number of carbonyl (C=O) groups is 2. The maximum absolute atomic E-state index is 11.6. The van der Waals surface area contributed by atoms with Gasteiger partial charge in [0, 0.05) is 18.5 Å². The molecule has 7 heteroatoms. The fourth-order valence-corrected chi connectivity index (χ4v) is 1.38. The molecule has 0 saturated carbocycles. The minimum Gasteiger partial charge on any atom is -0.481 e. The minimum atomic E-state index is -0.711. The maximum atomic E-state index is 11.6. The third-order valence-corrected chi connectivity index (χ3v) is 2.50. The highest BCUT2D eigenvalue weighted by Crippen LogP contribution is 2.16. The van der Waals surface area contributed by atoms with Crippen LogP contribution in [0.3, 0.4) is 0 Å². The van der Waals surface area contributed by atoms with Gasteiger partial charge in [0.05, 0.1) is 6.61 Å². The lowest BCUT2D eigenvalue weighted by Crippen LogP contribution is -2.38. The van der Waals surface area contributed by atoms with Crippen LogP contribution in [0, 0.1) is 0 Å². The molecular weight excluding hydrogens is 284 g/mol. The Balaban J connectivity index is 2.25. The number of benzene rings is 1. The molecule has 0 saturated heterocycles. The smallest absolute Gasteiger partial charge is 0.284 e. The molecule has 0 radical (unpaired) electrons. The number of ether oxygens (including phenoxy) is 1. The monoisotopic (exact) mass is 300 g/mol. The number of halogens is 1. The van der Waals surface area contributed by atoms with Gasteiger partial charge in [-0.1, -0.05) is 11.6 Å². The standard InChI is InChI=1S/C13H17ClN2O4/c1-9(20-12-5-3-11(14)4-6-12)13(18)16-19-8-7-15-10(2)17/h3-6,9H,7-8H2,1-2H3,(H,15,17)(H,16,18)/t9-/m0/s1. The summed E-state index contributed by atoms with van der Waals surface area (Å²) < 4.78 is 5.41. The summed E-state index contributed by atoms with van der Waals surface area (Å²) >= 11 is 5.75. The number of hydrogen-bond donors (Lipinski definition) is 2. The topological polar surface area (TPSA) is 76.7 Å². The normalized spacial score (nSPS) is 11.6. The number of hydroxylamine groups is 1. The lowest BCUT2D eigenvalue weighted by molar-refractivity contribution is -0.140. The van der Waals surface area contributed by atoms with Crippen LogP contribution in [-0.2, 0) is 14.4 Å². The molecule has 6 nitrogen and oxygen atoms in total. The second-order valence-electron chi connectivity index (χ2n) is 4.01. The first-order valence-corrected chi connectivity index (χ1v) is 6.45. The third kappa shape index (κ3) is 6.40.